The van der Waals surface area contributed by atoms with Crippen LogP contribution in [0.3, 0.4) is 0 Å². The van der Waals surface area contributed by atoms with Gasteiger partial charge in [0.1, 0.15) is 6.04 Å². The number of carbonyl (C=O) groups is 3. The predicted octanol–water partition coefficient (Wildman–Crippen LogP) is 2.16. The van der Waals surface area contributed by atoms with Gasteiger partial charge >= 0.3 is 5.97 Å². The summed E-state index contributed by atoms with van der Waals surface area (Å²) in [6, 6.07) is 3.28. The zero-order valence-corrected chi connectivity index (χ0v) is 27.7. The number of sulfonamides is 1. The maximum Gasteiger partial charge on any atom is 0.323 e. The monoisotopic (exact) mass is 677 g/mol. The van der Waals surface area contributed by atoms with E-state index in [0.717, 1.165) is 108 Å². The summed E-state index contributed by atoms with van der Waals surface area (Å²) in [5.74, 6) is -1.08. The van der Waals surface area contributed by atoms with E-state index in [1.807, 2.05) is 0 Å². The molecule has 1 aliphatic carbocycles. The molecule has 14 heteroatoms. The zero-order chi connectivity index (χ0) is 30.0. The highest BCUT2D eigenvalue weighted by Gasteiger charge is 2.28. The summed E-state index contributed by atoms with van der Waals surface area (Å²) in [6.45, 7) is 3.31. The van der Waals surface area contributed by atoms with E-state index in [9.17, 15) is 27.9 Å². The average molecular weight is 679 g/mol. The van der Waals surface area contributed by atoms with E-state index in [4.69, 9.17) is 0 Å². The number of hydrogen-bond donors (Lipinski definition) is 6. The molecule has 0 spiro atoms. The highest BCUT2D eigenvalue weighted by Crippen LogP contribution is 2.27. The van der Waals surface area contributed by atoms with Gasteiger partial charge in [-0.1, -0.05) is 6.07 Å². The number of amides is 2. The molecule has 0 aromatic heterocycles. The van der Waals surface area contributed by atoms with Gasteiger partial charge in [-0.25, -0.2) is 8.42 Å². The van der Waals surface area contributed by atoms with E-state index in [-0.39, 0.29) is 48.1 Å². The minimum absolute atomic E-state index is 0. The van der Waals surface area contributed by atoms with Gasteiger partial charge in [0.15, 0.2) is 0 Å². The van der Waals surface area contributed by atoms with E-state index in [0.29, 0.717) is 11.8 Å². The average Bonchev–Trinajstić information content (AvgIpc) is 3.47. The molecule has 2 aliphatic heterocycles. The quantitative estimate of drug-likeness (QED) is 0.164. The summed E-state index contributed by atoms with van der Waals surface area (Å²) in [7, 11) is -4.10. The van der Waals surface area contributed by atoms with Gasteiger partial charge in [0.05, 0.1) is 11.4 Å². The number of halogens is 2. The van der Waals surface area contributed by atoms with E-state index in [2.05, 4.69) is 26.0 Å². The van der Waals surface area contributed by atoms with Crippen molar-refractivity contribution in [3.8, 4) is 0 Å². The van der Waals surface area contributed by atoms with Crippen LogP contribution in [-0.4, -0.2) is 76.6 Å². The molecule has 0 radical (unpaired) electrons. The molecule has 11 nitrogen and oxygen atoms in total. The number of aryl methyl sites for hydroxylation is 2. The van der Waals surface area contributed by atoms with Crippen molar-refractivity contribution in [1.82, 2.24) is 26.0 Å². The molecule has 44 heavy (non-hydrogen) atoms. The van der Waals surface area contributed by atoms with Crippen LogP contribution in [0.25, 0.3) is 0 Å². The van der Waals surface area contributed by atoms with E-state index >= 15 is 0 Å². The molecule has 0 bridgehead atoms. The number of carboxylic acid groups (broad SMARTS) is 1. The van der Waals surface area contributed by atoms with Crippen LogP contribution in [-0.2, 0) is 37.2 Å². The van der Waals surface area contributed by atoms with Crippen LogP contribution in [0, 0.1) is 17.8 Å². The van der Waals surface area contributed by atoms with Crippen molar-refractivity contribution in [3.05, 3.63) is 29.3 Å². The van der Waals surface area contributed by atoms with Gasteiger partial charge in [-0.05, 0) is 132 Å². The summed E-state index contributed by atoms with van der Waals surface area (Å²) in [5, 5.41) is 21.6. The number of nitrogens with one attached hydrogen (secondary N) is 5. The lowest BCUT2D eigenvalue weighted by atomic mass is 9.84. The first-order chi connectivity index (χ1) is 20.2. The lowest BCUT2D eigenvalue weighted by Crippen LogP contribution is -2.50. The van der Waals surface area contributed by atoms with Crippen molar-refractivity contribution in [2.75, 3.05) is 39.3 Å². The smallest absolute Gasteiger partial charge is 0.323 e. The van der Waals surface area contributed by atoms with Gasteiger partial charge in [-0.3, -0.25) is 14.4 Å². The second-order valence-electron chi connectivity index (χ2n) is 12.1. The van der Waals surface area contributed by atoms with Crippen molar-refractivity contribution in [2.45, 2.75) is 81.6 Å². The summed E-state index contributed by atoms with van der Waals surface area (Å²) in [6.07, 6.45) is 10.7. The van der Waals surface area contributed by atoms with Gasteiger partial charge in [-0.2, -0.15) is 4.72 Å². The van der Waals surface area contributed by atoms with E-state index in [1.54, 1.807) is 12.1 Å². The Labute approximate surface area is 273 Å². The molecule has 3 aliphatic rings. The van der Waals surface area contributed by atoms with E-state index < -0.39 is 34.5 Å². The summed E-state index contributed by atoms with van der Waals surface area (Å²) < 4.78 is 28.0. The lowest BCUT2D eigenvalue weighted by molar-refractivity contribution is -0.139. The third kappa shape index (κ3) is 11.8. The maximum absolute atomic E-state index is 13.2. The molecule has 2 amide bonds. The topological polar surface area (TPSA) is 166 Å². The molecule has 6 N–H and O–H groups in total. The summed E-state index contributed by atoms with van der Waals surface area (Å²) >= 11 is 0. The highest BCUT2D eigenvalue weighted by atomic mass is 35.5. The van der Waals surface area contributed by atoms with Gasteiger partial charge in [0.2, 0.25) is 21.8 Å². The number of piperidine rings is 2. The summed E-state index contributed by atoms with van der Waals surface area (Å²) in [4.78, 5) is 37.5. The molecule has 2 saturated heterocycles. The molecule has 1 aromatic rings. The van der Waals surface area contributed by atoms with E-state index in [1.165, 1.54) is 6.07 Å². The number of carboxylic acids is 1. The SMILES string of the molecule is Cl.Cl.O=C(CNC(=O)C(CCC1CCNCC1)CCC1CCNCC1)NCC(NS(=O)(=O)c1ccc2c(c1)CCC2)C(=O)O. The number of hydrogen-bond acceptors (Lipinski definition) is 7. The number of carbonyl (C=O) groups excluding carboxylic acids is 2. The molecular formula is C30H49Cl2N5O6S. The minimum Gasteiger partial charge on any atom is -0.480 e. The second-order valence-corrected chi connectivity index (χ2v) is 13.8. The van der Waals surface area contributed by atoms with Crippen LogP contribution in [0.4, 0.5) is 0 Å². The third-order valence-electron chi connectivity index (χ3n) is 9.04. The normalized spacial score (nSPS) is 18.0. The Hall–Kier alpha value is -1.96. The second kappa shape index (κ2) is 18.9. The fourth-order valence-corrected chi connectivity index (χ4v) is 7.60. The van der Waals surface area contributed by atoms with Crippen molar-refractivity contribution in [2.24, 2.45) is 17.8 Å². The van der Waals surface area contributed by atoms with Crippen LogP contribution in [0.1, 0.15) is 68.9 Å². The molecule has 1 atom stereocenters. The first-order valence-corrected chi connectivity index (χ1v) is 17.0. The lowest BCUT2D eigenvalue weighted by Gasteiger charge is -2.27. The van der Waals surface area contributed by atoms with Crippen LogP contribution in [0.5, 0.6) is 0 Å². The Morgan fingerprint density at radius 2 is 1.43 bits per heavy atom. The molecular weight excluding hydrogens is 629 g/mol. The Kier molecular flexibility index (Phi) is 16.4. The first kappa shape index (κ1) is 38.2. The fourth-order valence-electron chi connectivity index (χ4n) is 6.36. The van der Waals surface area contributed by atoms with Crippen LogP contribution < -0.4 is 26.0 Å². The van der Waals surface area contributed by atoms with Gasteiger partial charge < -0.3 is 26.4 Å². The summed E-state index contributed by atoms with van der Waals surface area (Å²) in [5.41, 5.74) is 2.07. The van der Waals surface area contributed by atoms with Crippen LogP contribution in [0.15, 0.2) is 23.1 Å². The third-order valence-corrected chi connectivity index (χ3v) is 10.5. The minimum atomic E-state index is -4.10. The molecule has 0 saturated carbocycles. The molecule has 250 valence electrons. The van der Waals surface area contributed by atoms with Gasteiger partial charge in [0, 0.05) is 12.5 Å². The van der Waals surface area contributed by atoms with Crippen molar-refractivity contribution in [3.63, 3.8) is 0 Å². The molecule has 1 aromatic carbocycles. The van der Waals surface area contributed by atoms with Crippen molar-refractivity contribution >= 4 is 52.6 Å². The molecule has 4 rings (SSSR count). The number of fused-ring (bicyclic) bond motifs is 1. The van der Waals surface area contributed by atoms with Crippen LogP contribution >= 0.6 is 24.8 Å². The van der Waals surface area contributed by atoms with Crippen molar-refractivity contribution in [1.29, 1.82) is 0 Å². The Morgan fingerprint density at radius 3 is 2.00 bits per heavy atom. The molecule has 1 unspecified atom stereocenters. The van der Waals surface area contributed by atoms with Gasteiger partial charge in [0.25, 0.3) is 0 Å². The van der Waals surface area contributed by atoms with Crippen LogP contribution in [0.2, 0.25) is 0 Å². The highest BCUT2D eigenvalue weighted by molar-refractivity contribution is 7.89. The number of rotatable bonds is 15. The number of aliphatic carboxylic acids is 1. The largest absolute Gasteiger partial charge is 0.480 e. The van der Waals surface area contributed by atoms with Crippen molar-refractivity contribution < 1.29 is 27.9 Å². The number of benzene rings is 1. The standard InChI is InChI=1S/C30H47N5O6S.2ClH/c36-28(33-19-27(30(38)39)35-42(40,41)26-9-8-23-2-1-3-25(23)18-26)20-34-29(37)24(6-4-21-10-14-31-15-11-21)7-5-22-12-16-32-17-13-22;;/h8-9,18,21-22,24,27,31-32,35H,1-7,10-17,19-20H2,(H,33,36)(H,34,37)(H,38,39);2*1H. The Bertz CT molecular complexity index is 1170. The maximum atomic E-state index is 13.2. The Balaban J connectivity index is 0.00000337. The zero-order valence-electron chi connectivity index (χ0n) is 25.3. The van der Waals surface area contributed by atoms with Gasteiger partial charge in [-0.15, -0.1) is 24.8 Å². The molecule has 2 fully saturated rings. The first-order valence-electron chi connectivity index (χ1n) is 15.5. The Morgan fingerprint density at radius 1 is 0.864 bits per heavy atom. The fraction of sp³-hybridized carbons (Fsp3) is 0.700. The predicted molar refractivity (Wildman–Crippen MR) is 174 cm³/mol. The molecule has 2 heterocycles.